The summed E-state index contributed by atoms with van der Waals surface area (Å²) in [5.41, 5.74) is 0. The van der Waals surface area contributed by atoms with Crippen LogP contribution >= 0.6 is 0 Å². The number of hydrogen-bond donors (Lipinski definition) is 0. The van der Waals surface area contributed by atoms with E-state index in [0.717, 1.165) is 25.7 Å². The Balaban J connectivity index is 3.26. The number of carbonyl (C=O) groups is 2. The van der Waals surface area contributed by atoms with E-state index in [1.807, 2.05) is 0 Å². The van der Waals surface area contributed by atoms with E-state index in [-0.39, 0.29) is 11.9 Å². The van der Waals surface area contributed by atoms with Crippen molar-refractivity contribution in [3.05, 3.63) is 0 Å². The Morgan fingerprint density at radius 3 is 0.780 bits per heavy atom. The van der Waals surface area contributed by atoms with E-state index in [4.69, 9.17) is 9.47 Å². The Hall–Kier alpha value is -1.06. The Morgan fingerprint density at radius 2 is 0.537 bits per heavy atom. The molecule has 0 saturated carbocycles. The number of unbranched alkanes of at least 4 members (excludes halogenated alkanes) is 26. The molecule has 0 aliphatic carbocycles. The van der Waals surface area contributed by atoms with Gasteiger partial charge in [0.25, 0.3) is 0 Å². The van der Waals surface area contributed by atoms with Gasteiger partial charge in [0.2, 0.25) is 0 Å². The first-order valence-corrected chi connectivity index (χ1v) is 18.5. The molecule has 0 aromatic heterocycles. The molecule has 0 aliphatic heterocycles. The lowest BCUT2D eigenvalue weighted by Gasteiger charge is -2.07. The minimum Gasteiger partial charge on any atom is -0.466 e. The summed E-state index contributed by atoms with van der Waals surface area (Å²) >= 11 is 0. The molecule has 0 atom stereocenters. The molecule has 4 nitrogen and oxygen atoms in total. The van der Waals surface area contributed by atoms with Crippen LogP contribution in [0.1, 0.15) is 213 Å². The first-order chi connectivity index (χ1) is 20.2. The van der Waals surface area contributed by atoms with Gasteiger partial charge in [0.1, 0.15) is 0 Å². The van der Waals surface area contributed by atoms with Crippen LogP contribution in [0.3, 0.4) is 0 Å². The van der Waals surface area contributed by atoms with Crippen LogP contribution in [0.15, 0.2) is 0 Å². The first-order valence-electron chi connectivity index (χ1n) is 18.5. The van der Waals surface area contributed by atoms with Crippen LogP contribution in [0.4, 0.5) is 0 Å². The average molecular weight is 581 g/mol. The fraction of sp³-hybridized carbons (Fsp3) is 0.946. The van der Waals surface area contributed by atoms with Gasteiger partial charge < -0.3 is 9.47 Å². The standard InChI is InChI=1S/C37H72O4/c1-3-5-7-9-11-13-15-17-18-20-22-24-26-28-30-33-37(39)41-35-31-34-40-36(38)32-29-27-25-23-21-19-16-14-12-10-8-6-4-2/h3-35H2,1-2H3. The monoisotopic (exact) mass is 581 g/mol. The van der Waals surface area contributed by atoms with E-state index in [9.17, 15) is 9.59 Å². The molecule has 0 fully saturated rings. The third-order valence-electron chi connectivity index (χ3n) is 8.28. The first kappa shape index (κ1) is 39.9. The molecule has 244 valence electrons. The van der Waals surface area contributed by atoms with E-state index < -0.39 is 0 Å². The Labute approximate surface area is 256 Å². The van der Waals surface area contributed by atoms with Gasteiger partial charge in [0, 0.05) is 19.3 Å². The number of ether oxygens (including phenoxy) is 2. The largest absolute Gasteiger partial charge is 0.466 e. The lowest BCUT2D eigenvalue weighted by molar-refractivity contribution is -0.146. The molecule has 0 bridgehead atoms. The fourth-order valence-corrected chi connectivity index (χ4v) is 5.50. The summed E-state index contributed by atoms with van der Waals surface area (Å²) in [6.45, 7) is 5.25. The summed E-state index contributed by atoms with van der Waals surface area (Å²) in [7, 11) is 0. The van der Waals surface area contributed by atoms with Gasteiger partial charge in [-0.15, -0.1) is 0 Å². The van der Waals surface area contributed by atoms with Gasteiger partial charge in [-0.25, -0.2) is 0 Å². The van der Waals surface area contributed by atoms with Gasteiger partial charge >= 0.3 is 11.9 Å². The molecule has 0 saturated heterocycles. The summed E-state index contributed by atoms with van der Waals surface area (Å²) < 4.78 is 10.6. The van der Waals surface area contributed by atoms with Crippen LogP contribution < -0.4 is 0 Å². The van der Waals surface area contributed by atoms with E-state index in [1.54, 1.807) is 0 Å². The molecular weight excluding hydrogens is 508 g/mol. The summed E-state index contributed by atoms with van der Waals surface area (Å²) in [4.78, 5) is 23.8. The highest BCUT2D eigenvalue weighted by molar-refractivity contribution is 5.69. The van der Waals surface area contributed by atoms with Gasteiger partial charge in [-0.05, 0) is 12.8 Å². The molecule has 0 heterocycles. The van der Waals surface area contributed by atoms with Crippen LogP contribution in [0.5, 0.6) is 0 Å². The number of carbonyl (C=O) groups excluding carboxylic acids is 2. The second-order valence-corrected chi connectivity index (χ2v) is 12.5. The van der Waals surface area contributed by atoms with Crippen LogP contribution in [-0.2, 0) is 19.1 Å². The smallest absolute Gasteiger partial charge is 0.305 e. The molecule has 0 aromatic rings. The minimum atomic E-state index is -0.114. The Bertz CT molecular complexity index is 533. The maximum atomic E-state index is 11.9. The topological polar surface area (TPSA) is 52.6 Å². The van der Waals surface area contributed by atoms with Gasteiger partial charge in [0.15, 0.2) is 0 Å². The second kappa shape index (κ2) is 35.1. The summed E-state index contributed by atoms with van der Waals surface area (Å²) in [5.74, 6) is -0.227. The third kappa shape index (κ3) is 35.0. The fourth-order valence-electron chi connectivity index (χ4n) is 5.50. The zero-order valence-electron chi connectivity index (χ0n) is 28.0. The Morgan fingerprint density at radius 1 is 0.317 bits per heavy atom. The molecule has 41 heavy (non-hydrogen) atoms. The van der Waals surface area contributed by atoms with Crippen molar-refractivity contribution in [1.29, 1.82) is 0 Å². The SMILES string of the molecule is CCCCCCCCCCCCCCCCCC(=O)OCCCOC(=O)CCCCCCCCCCCCCCC. The minimum absolute atomic E-state index is 0.113. The van der Waals surface area contributed by atoms with Crippen LogP contribution in [0, 0.1) is 0 Å². The van der Waals surface area contributed by atoms with E-state index in [1.165, 1.54) is 154 Å². The molecule has 0 N–H and O–H groups in total. The summed E-state index contributed by atoms with van der Waals surface area (Å²) in [5, 5.41) is 0. The van der Waals surface area contributed by atoms with Crippen molar-refractivity contribution < 1.29 is 19.1 Å². The lowest BCUT2D eigenvalue weighted by Crippen LogP contribution is -2.10. The third-order valence-corrected chi connectivity index (χ3v) is 8.28. The van der Waals surface area contributed by atoms with Crippen LogP contribution in [-0.4, -0.2) is 25.2 Å². The quantitative estimate of drug-likeness (QED) is 0.0561. The average Bonchev–Trinajstić information content (AvgIpc) is 2.97. The molecule has 0 amide bonds. The maximum Gasteiger partial charge on any atom is 0.305 e. The van der Waals surface area contributed by atoms with Crippen LogP contribution in [0.2, 0.25) is 0 Å². The summed E-state index contributed by atoms with van der Waals surface area (Å²) in [6.07, 6.45) is 38.5. The molecule has 0 radical (unpaired) electrons. The van der Waals surface area contributed by atoms with Gasteiger partial charge in [-0.1, -0.05) is 181 Å². The van der Waals surface area contributed by atoms with Crippen molar-refractivity contribution in [2.45, 2.75) is 213 Å². The van der Waals surface area contributed by atoms with Gasteiger partial charge in [-0.3, -0.25) is 9.59 Å². The molecule has 0 aromatic carbocycles. The molecule has 0 spiro atoms. The van der Waals surface area contributed by atoms with Crippen molar-refractivity contribution in [2.24, 2.45) is 0 Å². The van der Waals surface area contributed by atoms with Crippen molar-refractivity contribution in [3.8, 4) is 0 Å². The molecule has 4 heteroatoms. The predicted octanol–water partition coefficient (Wildman–Crippen LogP) is 12.2. The number of rotatable bonds is 34. The highest BCUT2D eigenvalue weighted by Gasteiger charge is 2.05. The summed E-state index contributed by atoms with van der Waals surface area (Å²) in [6, 6.07) is 0. The zero-order valence-corrected chi connectivity index (χ0v) is 28.0. The maximum absolute atomic E-state index is 11.9. The molecule has 0 aliphatic rings. The highest BCUT2D eigenvalue weighted by atomic mass is 16.5. The normalized spacial score (nSPS) is 11.2. The number of esters is 2. The van der Waals surface area contributed by atoms with E-state index in [0.29, 0.717) is 32.5 Å². The molecular formula is C37H72O4. The van der Waals surface area contributed by atoms with Gasteiger partial charge in [-0.2, -0.15) is 0 Å². The van der Waals surface area contributed by atoms with Crippen molar-refractivity contribution in [2.75, 3.05) is 13.2 Å². The van der Waals surface area contributed by atoms with E-state index >= 15 is 0 Å². The lowest BCUT2D eigenvalue weighted by atomic mass is 10.0. The molecule has 0 unspecified atom stereocenters. The highest BCUT2D eigenvalue weighted by Crippen LogP contribution is 2.15. The second-order valence-electron chi connectivity index (χ2n) is 12.5. The predicted molar refractivity (Wildman–Crippen MR) is 176 cm³/mol. The van der Waals surface area contributed by atoms with E-state index in [2.05, 4.69) is 13.8 Å². The van der Waals surface area contributed by atoms with Crippen molar-refractivity contribution in [3.63, 3.8) is 0 Å². The Kier molecular flexibility index (Phi) is 34.2. The van der Waals surface area contributed by atoms with Gasteiger partial charge in [0.05, 0.1) is 13.2 Å². The van der Waals surface area contributed by atoms with Crippen molar-refractivity contribution >= 4 is 11.9 Å². The zero-order chi connectivity index (χ0) is 29.9. The number of hydrogen-bond acceptors (Lipinski definition) is 4. The van der Waals surface area contributed by atoms with Crippen LogP contribution in [0.25, 0.3) is 0 Å². The van der Waals surface area contributed by atoms with Crippen molar-refractivity contribution in [1.82, 2.24) is 0 Å². The molecule has 0 rings (SSSR count).